The summed E-state index contributed by atoms with van der Waals surface area (Å²) < 4.78 is 0. The molecular formula is C13H20N2OS2. The van der Waals surface area contributed by atoms with Crippen LogP contribution in [0.2, 0.25) is 0 Å². The summed E-state index contributed by atoms with van der Waals surface area (Å²) in [7, 11) is 0. The zero-order valence-electron chi connectivity index (χ0n) is 10.9. The first-order valence-corrected chi connectivity index (χ1v) is 7.41. The molecule has 0 aliphatic rings. The first-order valence-electron chi connectivity index (χ1n) is 5.91. The molecule has 0 aliphatic heterocycles. The zero-order chi connectivity index (χ0) is 13.7. The van der Waals surface area contributed by atoms with Gasteiger partial charge in [0.1, 0.15) is 0 Å². The number of nitrogens with one attached hydrogen (secondary N) is 1. The molecule has 1 aromatic rings. The van der Waals surface area contributed by atoms with Gasteiger partial charge in [-0.2, -0.15) is 12.6 Å². The molecule has 0 saturated heterocycles. The minimum Gasteiger partial charge on any atom is -0.397 e. The standard InChI is InChI=1S/C13H20N2OS2/c1-8(2)7-18-10-4-5-11(14)12(6-10)15-13(16)9(3)17/h4-6,8-9,17H,7,14H2,1-3H3,(H,15,16). The highest BCUT2D eigenvalue weighted by molar-refractivity contribution is 7.99. The van der Waals surface area contributed by atoms with Crippen LogP contribution in [0.15, 0.2) is 23.1 Å². The van der Waals surface area contributed by atoms with Crippen LogP contribution in [0.4, 0.5) is 11.4 Å². The summed E-state index contributed by atoms with van der Waals surface area (Å²) in [6.07, 6.45) is 0. The zero-order valence-corrected chi connectivity index (χ0v) is 12.6. The van der Waals surface area contributed by atoms with Gasteiger partial charge >= 0.3 is 0 Å². The van der Waals surface area contributed by atoms with E-state index in [9.17, 15) is 4.79 Å². The molecule has 0 aliphatic carbocycles. The average molecular weight is 284 g/mol. The maximum atomic E-state index is 11.6. The number of rotatable bonds is 5. The fourth-order valence-corrected chi connectivity index (χ4v) is 2.19. The molecule has 3 N–H and O–H groups in total. The Bertz CT molecular complexity index is 419. The Kier molecular flexibility index (Phi) is 5.88. The van der Waals surface area contributed by atoms with E-state index in [-0.39, 0.29) is 11.2 Å². The number of carbonyl (C=O) groups is 1. The lowest BCUT2D eigenvalue weighted by Crippen LogP contribution is -2.21. The molecule has 0 fully saturated rings. The normalized spacial score (nSPS) is 12.5. The minimum atomic E-state index is -0.351. The largest absolute Gasteiger partial charge is 0.397 e. The van der Waals surface area contributed by atoms with Gasteiger partial charge in [-0.3, -0.25) is 4.79 Å². The van der Waals surface area contributed by atoms with Crippen LogP contribution >= 0.6 is 24.4 Å². The maximum Gasteiger partial charge on any atom is 0.236 e. The fraction of sp³-hybridized carbons (Fsp3) is 0.462. The van der Waals surface area contributed by atoms with Gasteiger partial charge in [0.2, 0.25) is 5.91 Å². The van der Waals surface area contributed by atoms with E-state index in [0.29, 0.717) is 17.3 Å². The molecule has 1 rings (SSSR count). The third-order valence-electron chi connectivity index (χ3n) is 2.25. The molecule has 0 saturated carbocycles. The summed E-state index contributed by atoms with van der Waals surface area (Å²) in [5.41, 5.74) is 7.08. The first-order chi connectivity index (χ1) is 8.40. The number of hydrogen-bond acceptors (Lipinski definition) is 4. The molecule has 1 amide bonds. The second-order valence-electron chi connectivity index (χ2n) is 4.62. The highest BCUT2D eigenvalue weighted by Crippen LogP contribution is 2.28. The molecule has 100 valence electrons. The van der Waals surface area contributed by atoms with Crippen LogP contribution in [-0.2, 0) is 4.79 Å². The summed E-state index contributed by atoms with van der Waals surface area (Å²) in [6.45, 7) is 6.08. The van der Waals surface area contributed by atoms with Crippen molar-refractivity contribution < 1.29 is 4.79 Å². The van der Waals surface area contributed by atoms with Crippen molar-refractivity contribution in [3.63, 3.8) is 0 Å². The lowest BCUT2D eigenvalue weighted by Gasteiger charge is -2.12. The Labute approximate surface area is 118 Å². The molecule has 1 aromatic carbocycles. The molecular weight excluding hydrogens is 264 g/mol. The number of amides is 1. The summed E-state index contributed by atoms with van der Waals surface area (Å²) in [5, 5.41) is 2.43. The van der Waals surface area contributed by atoms with Crippen molar-refractivity contribution in [2.45, 2.75) is 30.9 Å². The van der Waals surface area contributed by atoms with Gasteiger partial charge in [0.05, 0.1) is 16.6 Å². The molecule has 1 atom stereocenters. The Morgan fingerprint density at radius 2 is 2.11 bits per heavy atom. The van der Waals surface area contributed by atoms with E-state index in [1.165, 1.54) is 0 Å². The molecule has 0 heterocycles. The van der Waals surface area contributed by atoms with Crippen LogP contribution in [0.25, 0.3) is 0 Å². The van der Waals surface area contributed by atoms with E-state index in [4.69, 9.17) is 5.73 Å². The van der Waals surface area contributed by atoms with Gasteiger partial charge in [0.25, 0.3) is 0 Å². The van der Waals surface area contributed by atoms with E-state index in [1.54, 1.807) is 18.7 Å². The predicted octanol–water partition coefficient (Wildman–Crippen LogP) is 3.27. The van der Waals surface area contributed by atoms with Crippen LogP contribution in [0, 0.1) is 5.92 Å². The van der Waals surface area contributed by atoms with E-state index >= 15 is 0 Å². The third-order valence-corrected chi connectivity index (χ3v) is 3.90. The SMILES string of the molecule is CC(C)CSc1ccc(N)c(NC(=O)C(C)S)c1. The van der Waals surface area contributed by atoms with E-state index in [1.807, 2.05) is 18.2 Å². The summed E-state index contributed by atoms with van der Waals surface area (Å²) in [4.78, 5) is 12.7. The van der Waals surface area contributed by atoms with Crippen molar-refractivity contribution in [2.75, 3.05) is 16.8 Å². The molecule has 0 radical (unpaired) electrons. The van der Waals surface area contributed by atoms with E-state index in [0.717, 1.165) is 10.6 Å². The summed E-state index contributed by atoms with van der Waals surface area (Å²) in [5.74, 6) is 1.53. The Morgan fingerprint density at radius 3 is 2.67 bits per heavy atom. The highest BCUT2D eigenvalue weighted by Gasteiger charge is 2.10. The van der Waals surface area contributed by atoms with Gasteiger partial charge in [-0.25, -0.2) is 0 Å². The molecule has 18 heavy (non-hydrogen) atoms. The van der Waals surface area contributed by atoms with Crippen molar-refractivity contribution in [1.82, 2.24) is 0 Å². The van der Waals surface area contributed by atoms with Gasteiger partial charge in [-0.15, -0.1) is 11.8 Å². The molecule has 0 spiro atoms. The monoisotopic (exact) mass is 284 g/mol. The first kappa shape index (κ1) is 15.2. The van der Waals surface area contributed by atoms with Crippen molar-refractivity contribution >= 4 is 41.7 Å². The van der Waals surface area contributed by atoms with Crippen molar-refractivity contribution in [2.24, 2.45) is 5.92 Å². The van der Waals surface area contributed by atoms with Crippen LogP contribution < -0.4 is 11.1 Å². The number of benzene rings is 1. The quantitative estimate of drug-likeness (QED) is 0.442. The molecule has 3 nitrogen and oxygen atoms in total. The number of anilines is 2. The average Bonchev–Trinajstić information content (AvgIpc) is 2.29. The van der Waals surface area contributed by atoms with Gasteiger partial charge in [-0.1, -0.05) is 13.8 Å². The Balaban J connectivity index is 2.78. The van der Waals surface area contributed by atoms with E-state index in [2.05, 4.69) is 31.8 Å². The van der Waals surface area contributed by atoms with Crippen LogP contribution in [0.1, 0.15) is 20.8 Å². The summed E-state index contributed by atoms with van der Waals surface area (Å²) >= 11 is 5.85. The lowest BCUT2D eigenvalue weighted by atomic mass is 10.2. The lowest BCUT2D eigenvalue weighted by molar-refractivity contribution is -0.115. The predicted molar refractivity (Wildman–Crippen MR) is 83.5 cm³/mol. The van der Waals surface area contributed by atoms with E-state index < -0.39 is 0 Å². The second-order valence-corrected chi connectivity index (χ2v) is 6.49. The Morgan fingerprint density at radius 1 is 1.44 bits per heavy atom. The van der Waals surface area contributed by atoms with Gasteiger partial charge in [-0.05, 0) is 31.0 Å². The van der Waals surface area contributed by atoms with Crippen molar-refractivity contribution in [3.8, 4) is 0 Å². The van der Waals surface area contributed by atoms with Crippen LogP contribution in [0.3, 0.4) is 0 Å². The number of hydrogen-bond donors (Lipinski definition) is 3. The number of thiol groups is 1. The van der Waals surface area contributed by atoms with Crippen LogP contribution in [-0.4, -0.2) is 16.9 Å². The maximum absolute atomic E-state index is 11.6. The minimum absolute atomic E-state index is 0.143. The number of nitrogen functional groups attached to an aromatic ring is 1. The van der Waals surface area contributed by atoms with Crippen molar-refractivity contribution in [1.29, 1.82) is 0 Å². The van der Waals surface area contributed by atoms with Crippen molar-refractivity contribution in [3.05, 3.63) is 18.2 Å². The molecule has 1 unspecified atom stereocenters. The molecule has 0 bridgehead atoms. The van der Waals surface area contributed by atoms with Crippen LogP contribution in [0.5, 0.6) is 0 Å². The smallest absolute Gasteiger partial charge is 0.236 e. The van der Waals surface area contributed by atoms with Gasteiger partial charge < -0.3 is 11.1 Å². The number of nitrogens with two attached hydrogens (primary N) is 1. The number of thioether (sulfide) groups is 1. The topological polar surface area (TPSA) is 55.1 Å². The third kappa shape index (κ3) is 4.82. The number of carbonyl (C=O) groups excluding carboxylic acids is 1. The van der Waals surface area contributed by atoms with Gasteiger partial charge in [0.15, 0.2) is 0 Å². The second kappa shape index (κ2) is 6.95. The Hall–Kier alpha value is -0.810. The summed E-state index contributed by atoms with van der Waals surface area (Å²) in [6, 6.07) is 5.71. The molecule has 5 heteroatoms. The molecule has 0 aromatic heterocycles. The highest BCUT2D eigenvalue weighted by atomic mass is 32.2. The fourth-order valence-electron chi connectivity index (χ4n) is 1.23. The van der Waals surface area contributed by atoms with Gasteiger partial charge in [0, 0.05) is 10.6 Å².